The normalized spacial score (nSPS) is 16.1. The van der Waals surface area contributed by atoms with E-state index >= 15 is 0 Å². The van der Waals surface area contributed by atoms with Crippen molar-refractivity contribution in [3.05, 3.63) is 36.5 Å². The molecule has 0 saturated heterocycles. The zero-order valence-electron chi connectivity index (χ0n) is 13.4. The molecular weight excluding hydrogens is 328 g/mol. The molecule has 2 N–H and O–H groups in total. The van der Waals surface area contributed by atoms with E-state index in [0.29, 0.717) is 11.4 Å². The van der Waals surface area contributed by atoms with Gasteiger partial charge in [0.1, 0.15) is 18.8 Å². The van der Waals surface area contributed by atoms with Crippen LogP contribution >= 0.6 is 0 Å². The van der Waals surface area contributed by atoms with Crippen molar-refractivity contribution < 1.29 is 24.2 Å². The maximum atomic E-state index is 12.3. The van der Waals surface area contributed by atoms with E-state index in [-0.39, 0.29) is 24.8 Å². The van der Waals surface area contributed by atoms with E-state index in [1.165, 1.54) is 21.8 Å². The number of hydrogen-bond donors (Lipinski definition) is 2. The molecule has 3 rings (SSSR count). The summed E-state index contributed by atoms with van der Waals surface area (Å²) in [6.45, 7) is 1.12. The second-order valence-corrected chi connectivity index (χ2v) is 5.49. The monoisotopic (exact) mass is 344 g/mol. The van der Waals surface area contributed by atoms with Crippen LogP contribution in [0.2, 0.25) is 0 Å². The summed E-state index contributed by atoms with van der Waals surface area (Å²) >= 11 is 0. The first-order valence-corrected chi connectivity index (χ1v) is 7.56. The highest BCUT2D eigenvalue weighted by atomic mass is 16.5. The topological polar surface area (TPSA) is 114 Å². The SMILES string of the molecule is CC1Oc2ccccc2N(CC(=O)Nc2ccn(CC(=O)O)n2)C1=O. The average Bonchev–Trinajstić information content (AvgIpc) is 2.97. The second-order valence-electron chi connectivity index (χ2n) is 5.49. The summed E-state index contributed by atoms with van der Waals surface area (Å²) in [5, 5.41) is 15.2. The fourth-order valence-corrected chi connectivity index (χ4v) is 2.50. The third kappa shape index (κ3) is 3.60. The Bertz CT molecular complexity index is 831. The van der Waals surface area contributed by atoms with Gasteiger partial charge in [0, 0.05) is 12.3 Å². The Kier molecular flexibility index (Phi) is 4.38. The van der Waals surface area contributed by atoms with Gasteiger partial charge in [-0.2, -0.15) is 5.10 Å². The number of fused-ring (bicyclic) bond motifs is 1. The van der Waals surface area contributed by atoms with Crippen LogP contribution in [0.1, 0.15) is 6.92 Å². The summed E-state index contributed by atoms with van der Waals surface area (Å²) in [5.41, 5.74) is 0.525. The lowest BCUT2D eigenvalue weighted by Gasteiger charge is -2.32. The van der Waals surface area contributed by atoms with Gasteiger partial charge in [-0.25, -0.2) is 0 Å². The van der Waals surface area contributed by atoms with E-state index in [4.69, 9.17) is 9.84 Å². The van der Waals surface area contributed by atoms with Gasteiger partial charge in [-0.3, -0.25) is 24.0 Å². The Morgan fingerprint density at radius 3 is 2.80 bits per heavy atom. The number of aromatic nitrogens is 2. The molecule has 9 heteroatoms. The number of aliphatic carboxylic acids is 1. The van der Waals surface area contributed by atoms with Crippen LogP contribution in [0.4, 0.5) is 11.5 Å². The summed E-state index contributed by atoms with van der Waals surface area (Å²) in [4.78, 5) is 36.6. The Morgan fingerprint density at radius 1 is 1.28 bits per heavy atom. The Morgan fingerprint density at radius 2 is 2.04 bits per heavy atom. The van der Waals surface area contributed by atoms with Crippen molar-refractivity contribution in [2.45, 2.75) is 19.6 Å². The van der Waals surface area contributed by atoms with Crippen LogP contribution in [0.15, 0.2) is 36.5 Å². The lowest BCUT2D eigenvalue weighted by Crippen LogP contribution is -2.47. The van der Waals surface area contributed by atoms with Gasteiger partial charge in [0.05, 0.1) is 5.69 Å². The number of carbonyl (C=O) groups excluding carboxylic acids is 2. The van der Waals surface area contributed by atoms with E-state index in [1.54, 1.807) is 31.2 Å². The minimum atomic E-state index is -1.04. The van der Waals surface area contributed by atoms with Gasteiger partial charge in [-0.05, 0) is 19.1 Å². The van der Waals surface area contributed by atoms with Crippen molar-refractivity contribution >= 4 is 29.3 Å². The average molecular weight is 344 g/mol. The van der Waals surface area contributed by atoms with Crippen LogP contribution in [-0.4, -0.2) is 45.3 Å². The molecule has 2 amide bonds. The standard InChI is InChI=1S/C16H16N4O5/c1-10-16(24)20(11-4-2-3-5-12(11)25-10)8-14(21)17-13-6-7-19(18-13)9-15(22)23/h2-7,10H,8-9H2,1H3,(H,22,23)(H,17,18,21). The maximum Gasteiger partial charge on any atom is 0.325 e. The van der Waals surface area contributed by atoms with Crippen LogP contribution in [-0.2, 0) is 20.9 Å². The number of ether oxygens (including phenoxy) is 1. The number of hydrogen-bond acceptors (Lipinski definition) is 5. The molecule has 1 atom stereocenters. The fourth-order valence-electron chi connectivity index (χ4n) is 2.50. The molecule has 0 aliphatic carbocycles. The maximum absolute atomic E-state index is 12.3. The number of nitrogens with zero attached hydrogens (tertiary/aromatic N) is 3. The zero-order chi connectivity index (χ0) is 18.0. The molecule has 0 radical (unpaired) electrons. The number of nitrogens with one attached hydrogen (secondary N) is 1. The Hall–Kier alpha value is -3.36. The summed E-state index contributed by atoms with van der Waals surface area (Å²) in [6, 6.07) is 8.46. The summed E-state index contributed by atoms with van der Waals surface area (Å²) in [5.74, 6) is -1.05. The highest BCUT2D eigenvalue weighted by Gasteiger charge is 2.32. The van der Waals surface area contributed by atoms with E-state index in [1.807, 2.05) is 0 Å². The van der Waals surface area contributed by atoms with Crippen molar-refractivity contribution in [3.63, 3.8) is 0 Å². The quantitative estimate of drug-likeness (QED) is 0.826. The molecule has 0 saturated carbocycles. The molecule has 130 valence electrons. The first-order chi connectivity index (χ1) is 11.9. The molecule has 0 spiro atoms. The number of carboxylic acid groups (broad SMARTS) is 1. The lowest BCUT2D eigenvalue weighted by atomic mass is 10.2. The predicted octanol–water partition coefficient (Wildman–Crippen LogP) is 0.720. The number of carboxylic acids is 1. The molecular formula is C16H16N4O5. The number of anilines is 2. The second kappa shape index (κ2) is 6.63. The first kappa shape index (κ1) is 16.5. The van der Waals surface area contributed by atoms with E-state index < -0.39 is 18.0 Å². The minimum Gasteiger partial charge on any atom is -0.480 e. The molecule has 0 fully saturated rings. The molecule has 1 aromatic heterocycles. The van der Waals surface area contributed by atoms with Crippen molar-refractivity contribution in [1.82, 2.24) is 9.78 Å². The van der Waals surface area contributed by atoms with Crippen LogP contribution < -0.4 is 15.0 Å². The van der Waals surface area contributed by atoms with Crippen molar-refractivity contribution in [2.75, 3.05) is 16.8 Å². The van der Waals surface area contributed by atoms with Crippen molar-refractivity contribution in [2.24, 2.45) is 0 Å². The third-order valence-electron chi connectivity index (χ3n) is 3.58. The third-order valence-corrected chi connectivity index (χ3v) is 3.58. The largest absolute Gasteiger partial charge is 0.480 e. The van der Waals surface area contributed by atoms with Crippen LogP contribution in [0, 0.1) is 0 Å². The molecule has 2 heterocycles. The highest BCUT2D eigenvalue weighted by Crippen LogP contribution is 2.33. The molecule has 0 bridgehead atoms. The first-order valence-electron chi connectivity index (χ1n) is 7.56. The smallest absolute Gasteiger partial charge is 0.325 e. The fraction of sp³-hybridized carbons (Fsp3) is 0.250. The molecule has 1 aliphatic rings. The van der Waals surface area contributed by atoms with Gasteiger partial charge in [0.2, 0.25) is 5.91 Å². The van der Waals surface area contributed by atoms with Gasteiger partial charge in [-0.1, -0.05) is 12.1 Å². The molecule has 1 unspecified atom stereocenters. The van der Waals surface area contributed by atoms with Gasteiger partial charge >= 0.3 is 5.97 Å². The predicted molar refractivity (Wildman–Crippen MR) is 87.4 cm³/mol. The number of para-hydroxylation sites is 2. The molecule has 1 aliphatic heterocycles. The van der Waals surface area contributed by atoms with Crippen molar-refractivity contribution in [1.29, 1.82) is 0 Å². The van der Waals surface area contributed by atoms with Crippen LogP contribution in [0.3, 0.4) is 0 Å². The number of carbonyl (C=O) groups is 3. The zero-order valence-corrected chi connectivity index (χ0v) is 13.4. The number of benzene rings is 1. The molecule has 25 heavy (non-hydrogen) atoms. The van der Waals surface area contributed by atoms with Crippen LogP contribution in [0.5, 0.6) is 5.75 Å². The highest BCUT2D eigenvalue weighted by molar-refractivity contribution is 6.05. The Balaban J connectivity index is 1.71. The molecule has 1 aromatic carbocycles. The van der Waals surface area contributed by atoms with Gasteiger partial charge in [0.15, 0.2) is 11.9 Å². The van der Waals surface area contributed by atoms with Crippen LogP contribution in [0.25, 0.3) is 0 Å². The van der Waals surface area contributed by atoms with E-state index in [9.17, 15) is 14.4 Å². The molecule has 9 nitrogen and oxygen atoms in total. The van der Waals surface area contributed by atoms with Gasteiger partial charge in [0.25, 0.3) is 5.91 Å². The Labute approximate surface area is 142 Å². The number of rotatable bonds is 5. The molecule has 2 aromatic rings. The lowest BCUT2D eigenvalue weighted by molar-refractivity contribution is -0.137. The van der Waals surface area contributed by atoms with Gasteiger partial charge < -0.3 is 15.2 Å². The summed E-state index contributed by atoms with van der Waals surface area (Å²) in [6.07, 6.45) is 0.763. The minimum absolute atomic E-state index is 0.199. The summed E-state index contributed by atoms with van der Waals surface area (Å²) < 4.78 is 6.71. The van der Waals surface area contributed by atoms with E-state index in [0.717, 1.165) is 0 Å². The summed E-state index contributed by atoms with van der Waals surface area (Å²) in [7, 11) is 0. The number of amides is 2. The van der Waals surface area contributed by atoms with Crippen molar-refractivity contribution in [3.8, 4) is 5.75 Å². The van der Waals surface area contributed by atoms with E-state index in [2.05, 4.69) is 10.4 Å². The van der Waals surface area contributed by atoms with Gasteiger partial charge in [-0.15, -0.1) is 0 Å².